The van der Waals surface area contributed by atoms with Gasteiger partial charge in [0.15, 0.2) is 0 Å². The molecule has 1 saturated heterocycles. The van der Waals surface area contributed by atoms with Crippen molar-refractivity contribution in [3.63, 3.8) is 0 Å². The summed E-state index contributed by atoms with van der Waals surface area (Å²) in [6.07, 6.45) is 1.58. The van der Waals surface area contributed by atoms with Crippen LogP contribution in [-0.2, 0) is 17.8 Å². The van der Waals surface area contributed by atoms with Crippen molar-refractivity contribution >= 4 is 39.9 Å². The number of piperazine rings is 1. The zero-order valence-electron chi connectivity index (χ0n) is 25.2. The highest BCUT2D eigenvalue weighted by Gasteiger charge is 2.24. The topological polar surface area (TPSA) is 87.8 Å². The quantitative estimate of drug-likeness (QED) is 0.230. The summed E-state index contributed by atoms with van der Waals surface area (Å²) in [5, 5.41) is 13.0. The second-order valence-electron chi connectivity index (χ2n) is 11.6. The van der Waals surface area contributed by atoms with Gasteiger partial charge in [0.05, 0.1) is 17.4 Å². The van der Waals surface area contributed by atoms with E-state index in [9.17, 15) is 9.59 Å². The van der Waals surface area contributed by atoms with E-state index in [1.54, 1.807) is 16.7 Å². The number of amides is 1. The number of anilines is 1. The molecule has 228 valence electrons. The van der Waals surface area contributed by atoms with E-state index < -0.39 is 0 Å². The van der Waals surface area contributed by atoms with Crippen LogP contribution in [0.5, 0.6) is 0 Å². The first-order chi connectivity index (χ1) is 21.4. The summed E-state index contributed by atoms with van der Waals surface area (Å²) in [6.45, 7) is 9.30. The van der Waals surface area contributed by atoms with E-state index in [0.717, 1.165) is 43.7 Å². The average Bonchev–Trinajstić information content (AvgIpc) is 3.45. The fourth-order valence-corrected chi connectivity index (χ4v) is 6.38. The van der Waals surface area contributed by atoms with Crippen LogP contribution in [-0.4, -0.2) is 68.7 Å². The molecule has 3 heterocycles. The third-order valence-electron chi connectivity index (χ3n) is 8.46. The number of nitrogens with one attached hydrogen (secondary N) is 1. The van der Waals surface area contributed by atoms with Crippen LogP contribution < -0.4 is 15.8 Å². The van der Waals surface area contributed by atoms with Gasteiger partial charge in [0.1, 0.15) is 5.82 Å². The SMILES string of the molecule is Cc1cccc(N2CCN(CCCNC(=O)CCc3nnc4n(Cc5ccccc5Cl)c(=O)c5ccccc5n34)C[C@H]2C)c1. The van der Waals surface area contributed by atoms with Crippen molar-refractivity contribution in [3.05, 3.63) is 105 Å². The van der Waals surface area contributed by atoms with Crippen LogP contribution in [0.1, 0.15) is 36.7 Å². The fraction of sp³-hybridized carbons (Fsp3) is 0.353. The molecular formula is C34H38ClN7O2. The molecule has 1 aliphatic rings. The first-order valence-electron chi connectivity index (χ1n) is 15.3. The first-order valence-corrected chi connectivity index (χ1v) is 15.7. The van der Waals surface area contributed by atoms with Gasteiger partial charge in [-0.1, -0.05) is 54.1 Å². The Kier molecular flexibility index (Phi) is 8.95. The molecule has 1 fully saturated rings. The summed E-state index contributed by atoms with van der Waals surface area (Å²) in [6, 6.07) is 24.0. The van der Waals surface area contributed by atoms with Crippen LogP contribution in [0.15, 0.2) is 77.6 Å². The standard InChI is InChI=1S/C34H38ClN7O2/c1-24-9-7-11-27(21-24)40-20-19-39(22-25(40)2)18-8-17-36-32(43)16-15-31-37-38-34-41(23-26-10-3-5-13-29(26)35)33(44)28-12-4-6-14-30(28)42(31)34/h3-7,9-14,21,25H,8,15-20,22-23H2,1-2H3,(H,36,43)/t25-/m1/s1. The van der Waals surface area contributed by atoms with Crippen LogP contribution in [0, 0.1) is 6.92 Å². The molecule has 5 aromatic rings. The van der Waals surface area contributed by atoms with Gasteiger partial charge in [-0.2, -0.15) is 0 Å². The molecule has 1 atom stereocenters. The van der Waals surface area contributed by atoms with Gasteiger partial charge in [0, 0.05) is 55.8 Å². The molecule has 2 aromatic heterocycles. The number of halogens is 1. The van der Waals surface area contributed by atoms with Crippen molar-refractivity contribution in [3.8, 4) is 0 Å². The molecule has 44 heavy (non-hydrogen) atoms. The Hall–Kier alpha value is -4.21. The Balaban J connectivity index is 1.05. The minimum atomic E-state index is -0.157. The van der Waals surface area contributed by atoms with Crippen LogP contribution in [0.2, 0.25) is 5.02 Å². The largest absolute Gasteiger partial charge is 0.366 e. The van der Waals surface area contributed by atoms with E-state index in [4.69, 9.17) is 11.6 Å². The molecule has 6 rings (SSSR count). The van der Waals surface area contributed by atoms with Gasteiger partial charge in [-0.15, -0.1) is 10.2 Å². The van der Waals surface area contributed by atoms with Gasteiger partial charge in [0.25, 0.3) is 5.56 Å². The number of hydrogen-bond donors (Lipinski definition) is 1. The average molecular weight is 612 g/mol. The third kappa shape index (κ3) is 6.34. The lowest BCUT2D eigenvalue weighted by atomic mass is 10.1. The Labute approximate surface area is 262 Å². The normalized spacial score (nSPS) is 15.7. The van der Waals surface area contributed by atoms with Crippen molar-refractivity contribution in [2.24, 2.45) is 0 Å². The summed E-state index contributed by atoms with van der Waals surface area (Å²) in [5.41, 5.74) is 3.96. The number of carbonyl (C=O) groups excluding carboxylic acids is 1. The minimum Gasteiger partial charge on any atom is -0.366 e. The molecule has 0 bridgehead atoms. The molecular weight excluding hydrogens is 574 g/mol. The fourth-order valence-electron chi connectivity index (χ4n) is 6.19. The number of nitrogens with zero attached hydrogens (tertiary/aromatic N) is 6. The number of aromatic nitrogens is 4. The van der Waals surface area contributed by atoms with E-state index >= 15 is 0 Å². The van der Waals surface area contributed by atoms with Gasteiger partial charge in [-0.05, 0) is 68.3 Å². The minimum absolute atomic E-state index is 0.0203. The number of benzene rings is 3. The van der Waals surface area contributed by atoms with Crippen LogP contribution in [0.3, 0.4) is 0 Å². The highest BCUT2D eigenvalue weighted by Crippen LogP contribution is 2.22. The predicted octanol–water partition coefficient (Wildman–Crippen LogP) is 4.70. The maximum atomic E-state index is 13.5. The maximum absolute atomic E-state index is 13.5. The second kappa shape index (κ2) is 13.2. The van der Waals surface area contributed by atoms with Crippen LogP contribution in [0.4, 0.5) is 5.69 Å². The maximum Gasteiger partial charge on any atom is 0.263 e. The number of fused-ring (bicyclic) bond motifs is 3. The Morgan fingerprint density at radius 3 is 2.66 bits per heavy atom. The highest BCUT2D eigenvalue weighted by molar-refractivity contribution is 6.31. The lowest BCUT2D eigenvalue weighted by Crippen LogP contribution is -2.52. The van der Waals surface area contributed by atoms with E-state index in [1.807, 2.05) is 40.8 Å². The predicted molar refractivity (Wildman–Crippen MR) is 176 cm³/mol. The summed E-state index contributed by atoms with van der Waals surface area (Å²) in [5.74, 6) is 1.05. The van der Waals surface area contributed by atoms with Gasteiger partial charge in [0.2, 0.25) is 11.7 Å². The van der Waals surface area contributed by atoms with E-state index in [1.165, 1.54) is 11.3 Å². The van der Waals surface area contributed by atoms with Gasteiger partial charge in [-0.25, -0.2) is 0 Å². The smallest absolute Gasteiger partial charge is 0.263 e. The molecule has 10 heteroatoms. The van der Waals surface area contributed by atoms with Crippen LogP contribution >= 0.6 is 11.6 Å². The summed E-state index contributed by atoms with van der Waals surface area (Å²) in [7, 11) is 0. The molecule has 1 aliphatic heterocycles. The number of rotatable bonds is 10. The lowest BCUT2D eigenvalue weighted by molar-refractivity contribution is -0.121. The molecule has 0 radical (unpaired) electrons. The second-order valence-corrected chi connectivity index (χ2v) is 12.0. The molecule has 9 nitrogen and oxygen atoms in total. The molecule has 0 aliphatic carbocycles. The molecule has 0 unspecified atom stereocenters. The van der Waals surface area contributed by atoms with E-state index in [0.29, 0.717) is 41.0 Å². The third-order valence-corrected chi connectivity index (χ3v) is 8.82. The number of aryl methyl sites for hydroxylation is 2. The molecule has 0 spiro atoms. The Morgan fingerprint density at radius 1 is 1.02 bits per heavy atom. The molecule has 0 saturated carbocycles. The summed E-state index contributed by atoms with van der Waals surface area (Å²) >= 11 is 6.41. The number of carbonyl (C=O) groups is 1. The van der Waals surface area contributed by atoms with Crippen molar-refractivity contribution in [2.45, 2.75) is 45.7 Å². The first kappa shape index (κ1) is 29.8. The monoisotopic (exact) mass is 611 g/mol. The Bertz CT molecular complexity index is 1850. The zero-order chi connectivity index (χ0) is 30.6. The number of hydrogen-bond acceptors (Lipinski definition) is 6. The van der Waals surface area contributed by atoms with Crippen LogP contribution in [0.25, 0.3) is 16.7 Å². The van der Waals surface area contributed by atoms with Gasteiger partial charge >= 0.3 is 0 Å². The molecule has 3 aromatic carbocycles. The highest BCUT2D eigenvalue weighted by atomic mass is 35.5. The van der Waals surface area contributed by atoms with E-state index in [2.05, 4.69) is 63.4 Å². The van der Waals surface area contributed by atoms with Crippen molar-refractivity contribution in [2.75, 3.05) is 37.6 Å². The van der Waals surface area contributed by atoms with Gasteiger partial charge in [-0.3, -0.25) is 23.5 Å². The van der Waals surface area contributed by atoms with Crippen molar-refractivity contribution < 1.29 is 4.79 Å². The summed E-state index contributed by atoms with van der Waals surface area (Å²) in [4.78, 5) is 31.3. The van der Waals surface area contributed by atoms with Crippen molar-refractivity contribution in [1.82, 2.24) is 29.4 Å². The molecule has 1 N–H and O–H groups in total. The lowest BCUT2D eigenvalue weighted by Gasteiger charge is -2.41. The Morgan fingerprint density at radius 2 is 1.84 bits per heavy atom. The molecule has 1 amide bonds. The van der Waals surface area contributed by atoms with Gasteiger partial charge < -0.3 is 10.2 Å². The summed E-state index contributed by atoms with van der Waals surface area (Å²) < 4.78 is 3.49. The zero-order valence-corrected chi connectivity index (χ0v) is 26.0. The van der Waals surface area contributed by atoms with Crippen molar-refractivity contribution in [1.29, 1.82) is 0 Å². The number of para-hydroxylation sites is 1. The van der Waals surface area contributed by atoms with E-state index in [-0.39, 0.29) is 24.4 Å².